The summed E-state index contributed by atoms with van der Waals surface area (Å²) in [6.07, 6.45) is 2.82. The number of nitrogens with zero attached hydrogens (tertiary/aromatic N) is 1. The Morgan fingerprint density at radius 1 is 1.33 bits per heavy atom. The van der Waals surface area contributed by atoms with Crippen LogP contribution in [0.4, 0.5) is 0 Å². The van der Waals surface area contributed by atoms with Gasteiger partial charge in [0, 0.05) is 19.2 Å². The summed E-state index contributed by atoms with van der Waals surface area (Å²) in [5.41, 5.74) is 0.817. The smallest absolute Gasteiger partial charge is 0.308 e. The summed E-state index contributed by atoms with van der Waals surface area (Å²) < 4.78 is 9.70. The average molecular weight is 391 g/mol. The van der Waals surface area contributed by atoms with Crippen LogP contribution in [0.25, 0.3) is 6.08 Å². The highest BCUT2D eigenvalue weighted by molar-refractivity contribution is 7.80. The van der Waals surface area contributed by atoms with Gasteiger partial charge in [-0.25, -0.2) is 0 Å². The zero-order valence-corrected chi connectivity index (χ0v) is 15.9. The van der Waals surface area contributed by atoms with Crippen LogP contribution >= 0.6 is 12.2 Å². The van der Waals surface area contributed by atoms with Crippen LogP contribution in [0.2, 0.25) is 0 Å². The zero-order chi connectivity index (χ0) is 19.8. The van der Waals surface area contributed by atoms with Gasteiger partial charge in [-0.05, 0) is 36.0 Å². The van der Waals surface area contributed by atoms with Gasteiger partial charge in [-0.1, -0.05) is 12.1 Å². The molecule has 2 N–H and O–H groups in total. The molecule has 0 bridgehead atoms. The van der Waals surface area contributed by atoms with Gasteiger partial charge in [0.15, 0.2) is 5.11 Å². The number of esters is 1. The summed E-state index contributed by atoms with van der Waals surface area (Å²) in [5, 5.41) is 5.32. The van der Waals surface area contributed by atoms with Gasteiger partial charge in [-0.3, -0.25) is 19.7 Å². The molecule has 0 aromatic heterocycles. The first-order valence-corrected chi connectivity index (χ1v) is 8.63. The number of methoxy groups -OCH3 is 2. The van der Waals surface area contributed by atoms with Crippen molar-refractivity contribution < 1.29 is 23.9 Å². The number of rotatable bonds is 5. The highest BCUT2D eigenvalue weighted by atomic mass is 32.1. The van der Waals surface area contributed by atoms with Crippen LogP contribution in [-0.4, -0.2) is 61.1 Å². The fourth-order valence-corrected chi connectivity index (χ4v) is 2.83. The lowest BCUT2D eigenvalue weighted by atomic mass is 10.1. The van der Waals surface area contributed by atoms with Gasteiger partial charge in [0.1, 0.15) is 11.8 Å². The third kappa shape index (κ3) is 5.78. The zero-order valence-electron chi connectivity index (χ0n) is 15.1. The number of carbonyl (C=O) groups is 3. The van der Waals surface area contributed by atoms with Crippen LogP contribution in [0.3, 0.4) is 0 Å². The number of nitrogens with one attached hydrogen (secondary N) is 2. The molecule has 8 nitrogen and oxygen atoms in total. The summed E-state index contributed by atoms with van der Waals surface area (Å²) in [6.45, 7) is 0.753. The first-order chi connectivity index (χ1) is 12.9. The van der Waals surface area contributed by atoms with Gasteiger partial charge in [-0.2, -0.15) is 0 Å². The van der Waals surface area contributed by atoms with E-state index in [4.69, 9.17) is 17.0 Å². The molecule has 1 aromatic rings. The molecule has 1 aliphatic heterocycles. The SMILES string of the molecule is COC(=O)CC1C(=O)NCCN1C(=S)NC(=O)/C=C/c1ccc(OC)cc1. The summed E-state index contributed by atoms with van der Waals surface area (Å²) in [5.74, 6) is -0.580. The molecule has 0 spiro atoms. The first kappa shape index (κ1) is 20.4. The van der Waals surface area contributed by atoms with Crippen molar-refractivity contribution in [1.29, 1.82) is 0 Å². The van der Waals surface area contributed by atoms with Crippen molar-refractivity contribution in [2.24, 2.45) is 0 Å². The van der Waals surface area contributed by atoms with Crippen molar-refractivity contribution in [2.75, 3.05) is 27.3 Å². The van der Waals surface area contributed by atoms with Gasteiger partial charge >= 0.3 is 5.97 Å². The Kier molecular flexibility index (Phi) is 7.30. The Balaban J connectivity index is 1.98. The number of hydrogen-bond donors (Lipinski definition) is 2. The summed E-state index contributed by atoms with van der Waals surface area (Å²) in [4.78, 5) is 37.2. The van der Waals surface area contributed by atoms with Gasteiger partial charge in [0.25, 0.3) is 0 Å². The average Bonchev–Trinajstić information content (AvgIpc) is 2.68. The molecule has 2 rings (SSSR count). The second kappa shape index (κ2) is 9.67. The lowest BCUT2D eigenvalue weighted by molar-refractivity contribution is -0.144. The molecule has 0 radical (unpaired) electrons. The second-order valence-electron chi connectivity index (χ2n) is 5.68. The summed E-state index contributed by atoms with van der Waals surface area (Å²) in [7, 11) is 2.82. The number of amides is 2. The van der Waals surface area contributed by atoms with Crippen molar-refractivity contribution in [3.8, 4) is 5.75 Å². The Bertz CT molecular complexity index is 748. The molecule has 1 unspecified atom stereocenters. The summed E-state index contributed by atoms with van der Waals surface area (Å²) in [6, 6.07) is 6.37. The molecule has 0 saturated carbocycles. The summed E-state index contributed by atoms with van der Waals surface area (Å²) >= 11 is 5.24. The van der Waals surface area contributed by atoms with E-state index in [2.05, 4.69) is 15.4 Å². The molecule has 0 aliphatic carbocycles. The van der Waals surface area contributed by atoms with E-state index < -0.39 is 17.9 Å². The van der Waals surface area contributed by atoms with Crippen molar-refractivity contribution in [3.63, 3.8) is 0 Å². The highest BCUT2D eigenvalue weighted by Gasteiger charge is 2.33. The standard InChI is InChI=1S/C18H21N3O5S/c1-25-13-6-3-12(4-7-13)5-8-15(22)20-18(27)21-10-9-19-17(24)14(21)11-16(23)26-2/h3-8,14H,9-11H2,1-2H3,(H,19,24)(H,20,22,27)/b8-5+. The lowest BCUT2D eigenvalue weighted by Gasteiger charge is -2.35. The Morgan fingerprint density at radius 2 is 2.04 bits per heavy atom. The van der Waals surface area contributed by atoms with Crippen LogP contribution in [0.15, 0.2) is 30.3 Å². The predicted molar refractivity (Wildman–Crippen MR) is 103 cm³/mol. The minimum Gasteiger partial charge on any atom is -0.497 e. The normalized spacial score (nSPS) is 16.6. The third-order valence-corrected chi connectivity index (χ3v) is 4.29. The van der Waals surface area contributed by atoms with Crippen molar-refractivity contribution in [3.05, 3.63) is 35.9 Å². The van der Waals surface area contributed by atoms with E-state index in [0.717, 1.165) is 11.3 Å². The molecule has 27 heavy (non-hydrogen) atoms. The van der Waals surface area contributed by atoms with Crippen LogP contribution in [0.1, 0.15) is 12.0 Å². The minimum atomic E-state index is -0.815. The van der Waals surface area contributed by atoms with Gasteiger partial charge in [0.2, 0.25) is 11.8 Å². The van der Waals surface area contributed by atoms with Gasteiger partial charge in [0.05, 0.1) is 20.6 Å². The molecule has 1 atom stereocenters. The molecule has 2 amide bonds. The van der Waals surface area contributed by atoms with Crippen LogP contribution in [0.5, 0.6) is 5.75 Å². The quantitative estimate of drug-likeness (QED) is 0.428. The van der Waals surface area contributed by atoms with Crippen molar-refractivity contribution >= 4 is 41.2 Å². The Morgan fingerprint density at radius 3 is 2.67 bits per heavy atom. The van der Waals surface area contributed by atoms with Crippen LogP contribution in [-0.2, 0) is 19.1 Å². The minimum absolute atomic E-state index is 0.0862. The van der Waals surface area contributed by atoms with Crippen LogP contribution < -0.4 is 15.4 Å². The lowest BCUT2D eigenvalue weighted by Crippen LogP contribution is -2.60. The maximum absolute atomic E-state index is 12.1. The molecule has 144 valence electrons. The fraction of sp³-hybridized carbons (Fsp3) is 0.333. The van der Waals surface area contributed by atoms with E-state index in [9.17, 15) is 14.4 Å². The second-order valence-corrected chi connectivity index (χ2v) is 6.07. The van der Waals surface area contributed by atoms with E-state index >= 15 is 0 Å². The maximum atomic E-state index is 12.1. The molecule has 1 saturated heterocycles. The van der Waals surface area contributed by atoms with Crippen molar-refractivity contribution in [2.45, 2.75) is 12.5 Å². The first-order valence-electron chi connectivity index (χ1n) is 8.23. The monoisotopic (exact) mass is 391 g/mol. The molecule has 9 heteroatoms. The third-order valence-electron chi connectivity index (χ3n) is 3.95. The Hall–Kier alpha value is -2.94. The van der Waals surface area contributed by atoms with Crippen LogP contribution in [0, 0.1) is 0 Å². The highest BCUT2D eigenvalue weighted by Crippen LogP contribution is 2.13. The Labute approximate surface area is 162 Å². The molecular weight excluding hydrogens is 370 g/mol. The molecule has 1 fully saturated rings. The van der Waals surface area contributed by atoms with E-state index in [0.29, 0.717) is 13.1 Å². The maximum Gasteiger partial charge on any atom is 0.308 e. The van der Waals surface area contributed by atoms with E-state index in [-0.39, 0.29) is 17.4 Å². The number of ether oxygens (including phenoxy) is 2. The number of carbonyl (C=O) groups excluding carboxylic acids is 3. The fourth-order valence-electron chi connectivity index (χ4n) is 2.51. The van der Waals surface area contributed by atoms with E-state index in [1.165, 1.54) is 18.1 Å². The van der Waals surface area contributed by atoms with E-state index in [1.54, 1.807) is 25.3 Å². The number of piperazine rings is 1. The van der Waals surface area contributed by atoms with Gasteiger partial charge < -0.3 is 19.7 Å². The largest absolute Gasteiger partial charge is 0.497 e. The molecular formula is C18H21N3O5S. The predicted octanol–water partition coefficient (Wildman–Crippen LogP) is 0.473. The number of hydrogen-bond acceptors (Lipinski definition) is 6. The molecule has 1 aliphatic rings. The van der Waals surface area contributed by atoms with E-state index in [1.807, 2.05) is 12.1 Å². The number of benzene rings is 1. The van der Waals surface area contributed by atoms with Crippen molar-refractivity contribution in [1.82, 2.24) is 15.5 Å². The molecule has 1 aromatic carbocycles. The molecule has 1 heterocycles. The number of thiocarbonyl (C=S) groups is 1. The van der Waals surface area contributed by atoms with Gasteiger partial charge in [-0.15, -0.1) is 0 Å². The topological polar surface area (TPSA) is 97.0 Å².